The Morgan fingerprint density at radius 3 is 2.64 bits per heavy atom. The molecule has 0 bridgehead atoms. The highest BCUT2D eigenvalue weighted by molar-refractivity contribution is 8.23. The molecule has 0 fully saturated rings. The Kier molecular flexibility index (Phi) is 8.92. The van der Waals surface area contributed by atoms with Crippen LogP contribution in [0, 0.1) is 0 Å². The molecule has 0 aliphatic carbocycles. The monoisotopic (exact) mass is 253 g/mol. The lowest BCUT2D eigenvalue weighted by Crippen LogP contribution is -2.21. The first kappa shape index (κ1) is 14.4. The normalized spacial score (nSPS) is 12.9. The van der Waals surface area contributed by atoms with Crippen molar-refractivity contribution in [2.24, 2.45) is 0 Å². The molecule has 0 aliphatic rings. The molecule has 2 nitrogen and oxygen atoms in total. The third kappa shape index (κ3) is 10.5. The standard InChI is InChI=1S/C9H19NOS3/c1-8(2)13-9(12)10-6-4-5-7-14(3)11/h8H,4-7H2,1-3H3,(H,10,12). The molecule has 5 heteroatoms. The Morgan fingerprint density at radius 1 is 1.50 bits per heavy atom. The van der Waals surface area contributed by atoms with Crippen LogP contribution in [-0.2, 0) is 10.8 Å². The number of rotatable bonds is 6. The molecular formula is C9H19NOS3. The number of nitrogens with one attached hydrogen (secondary N) is 1. The molecule has 14 heavy (non-hydrogen) atoms. The molecule has 0 aromatic rings. The van der Waals surface area contributed by atoms with Gasteiger partial charge in [-0.05, 0) is 12.8 Å². The molecule has 0 saturated carbocycles. The molecule has 0 aromatic carbocycles. The summed E-state index contributed by atoms with van der Waals surface area (Å²) in [5.41, 5.74) is 0. The van der Waals surface area contributed by atoms with Crippen molar-refractivity contribution in [2.45, 2.75) is 31.9 Å². The highest BCUT2D eigenvalue weighted by Crippen LogP contribution is 2.09. The van der Waals surface area contributed by atoms with Gasteiger partial charge in [0.25, 0.3) is 0 Å². The van der Waals surface area contributed by atoms with Crippen molar-refractivity contribution in [3.8, 4) is 0 Å². The second-order valence-corrected chi connectivity index (χ2v) is 7.17. The summed E-state index contributed by atoms with van der Waals surface area (Å²) in [6.45, 7) is 5.15. The molecule has 1 atom stereocenters. The van der Waals surface area contributed by atoms with Gasteiger partial charge >= 0.3 is 0 Å². The van der Waals surface area contributed by atoms with Gasteiger partial charge in [-0.1, -0.05) is 37.8 Å². The van der Waals surface area contributed by atoms with E-state index in [1.165, 1.54) is 0 Å². The van der Waals surface area contributed by atoms with Gasteiger partial charge in [-0.2, -0.15) is 0 Å². The summed E-state index contributed by atoms with van der Waals surface area (Å²) < 4.78 is 11.6. The van der Waals surface area contributed by atoms with Gasteiger partial charge in [0.2, 0.25) is 0 Å². The SMILES string of the molecule is CC(C)SC(=S)NCCCCS(C)=O. The summed E-state index contributed by atoms with van der Waals surface area (Å²) in [5.74, 6) is 0.797. The summed E-state index contributed by atoms with van der Waals surface area (Å²) in [7, 11) is -0.655. The van der Waals surface area contributed by atoms with Gasteiger partial charge < -0.3 is 5.32 Å². The van der Waals surface area contributed by atoms with Crippen LogP contribution < -0.4 is 5.32 Å². The van der Waals surface area contributed by atoms with Crippen molar-refractivity contribution in [3.05, 3.63) is 0 Å². The fourth-order valence-corrected chi connectivity index (χ4v) is 2.78. The first-order chi connectivity index (χ1) is 6.52. The van der Waals surface area contributed by atoms with Gasteiger partial charge in [0.15, 0.2) is 0 Å². The van der Waals surface area contributed by atoms with Gasteiger partial charge in [0.1, 0.15) is 4.32 Å². The van der Waals surface area contributed by atoms with E-state index in [2.05, 4.69) is 19.2 Å². The van der Waals surface area contributed by atoms with Gasteiger partial charge in [-0.25, -0.2) is 0 Å². The van der Waals surface area contributed by atoms with Crippen LogP contribution in [0.3, 0.4) is 0 Å². The predicted octanol–water partition coefficient (Wildman–Crippen LogP) is 2.16. The highest BCUT2D eigenvalue weighted by atomic mass is 32.2. The first-order valence-electron chi connectivity index (χ1n) is 4.77. The maximum absolute atomic E-state index is 10.7. The Morgan fingerprint density at radius 2 is 2.14 bits per heavy atom. The summed E-state index contributed by atoms with van der Waals surface area (Å²) in [6, 6.07) is 0. The van der Waals surface area contributed by atoms with E-state index in [0.29, 0.717) is 5.25 Å². The minimum atomic E-state index is -0.655. The van der Waals surface area contributed by atoms with Gasteiger partial charge in [-0.15, -0.1) is 0 Å². The number of thioether (sulfide) groups is 1. The third-order valence-electron chi connectivity index (χ3n) is 1.47. The van der Waals surface area contributed by atoms with Crippen LogP contribution in [-0.4, -0.2) is 32.3 Å². The maximum Gasteiger partial charge on any atom is 0.134 e. The van der Waals surface area contributed by atoms with E-state index in [-0.39, 0.29) is 0 Å². The highest BCUT2D eigenvalue weighted by Gasteiger charge is 2.00. The second kappa shape index (κ2) is 8.68. The maximum atomic E-state index is 10.7. The van der Waals surface area contributed by atoms with E-state index in [0.717, 1.165) is 29.5 Å². The molecule has 84 valence electrons. The zero-order valence-corrected chi connectivity index (χ0v) is 11.5. The number of hydrogen-bond acceptors (Lipinski definition) is 3. The minimum Gasteiger partial charge on any atom is -0.371 e. The van der Waals surface area contributed by atoms with Crippen molar-refractivity contribution in [1.82, 2.24) is 5.32 Å². The topological polar surface area (TPSA) is 29.1 Å². The van der Waals surface area contributed by atoms with Gasteiger partial charge in [0.05, 0.1) is 0 Å². The molecule has 1 N–H and O–H groups in total. The number of unbranched alkanes of at least 4 members (excludes halogenated alkanes) is 1. The van der Waals surface area contributed by atoms with Crippen molar-refractivity contribution in [1.29, 1.82) is 0 Å². The van der Waals surface area contributed by atoms with Gasteiger partial charge in [-0.3, -0.25) is 4.21 Å². The lowest BCUT2D eigenvalue weighted by Gasteiger charge is -2.08. The zero-order chi connectivity index (χ0) is 11.0. The van der Waals surface area contributed by atoms with Crippen molar-refractivity contribution < 1.29 is 4.21 Å². The molecule has 0 heterocycles. The lowest BCUT2D eigenvalue weighted by atomic mass is 10.3. The molecule has 0 amide bonds. The van der Waals surface area contributed by atoms with Crippen LogP contribution in [0.5, 0.6) is 0 Å². The fraction of sp³-hybridized carbons (Fsp3) is 0.889. The third-order valence-corrected chi connectivity index (χ3v) is 3.60. The largest absolute Gasteiger partial charge is 0.371 e. The van der Waals surface area contributed by atoms with E-state index in [9.17, 15) is 4.21 Å². The molecule has 0 saturated heterocycles. The summed E-state index contributed by atoms with van der Waals surface area (Å²) in [5, 5.41) is 3.72. The van der Waals surface area contributed by atoms with E-state index < -0.39 is 10.8 Å². The Labute approximate surface area is 99.1 Å². The fourth-order valence-electron chi connectivity index (χ4n) is 0.877. The van der Waals surface area contributed by atoms with Crippen LogP contribution in [0.25, 0.3) is 0 Å². The van der Waals surface area contributed by atoms with Crippen LogP contribution in [0.15, 0.2) is 0 Å². The molecule has 0 aromatic heterocycles. The molecular weight excluding hydrogens is 234 g/mol. The van der Waals surface area contributed by atoms with Crippen molar-refractivity contribution >= 4 is 39.1 Å². The Hall–Kier alpha value is 0.390. The molecule has 0 radical (unpaired) electrons. The number of hydrogen-bond donors (Lipinski definition) is 1. The average molecular weight is 253 g/mol. The quantitative estimate of drug-likeness (QED) is 0.580. The molecule has 0 spiro atoms. The summed E-state index contributed by atoms with van der Waals surface area (Å²) >= 11 is 6.80. The Bertz CT molecular complexity index is 194. The second-order valence-electron chi connectivity index (χ2n) is 3.37. The lowest BCUT2D eigenvalue weighted by molar-refractivity contribution is 0.680. The van der Waals surface area contributed by atoms with E-state index in [1.54, 1.807) is 18.0 Å². The van der Waals surface area contributed by atoms with Crippen LogP contribution in [0.2, 0.25) is 0 Å². The van der Waals surface area contributed by atoms with Crippen LogP contribution in [0.1, 0.15) is 26.7 Å². The van der Waals surface area contributed by atoms with Crippen molar-refractivity contribution in [3.63, 3.8) is 0 Å². The van der Waals surface area contributed by atoms with Crippen molar-refractivity contribution in [2.75, 3.05) is 18.6 Å². The summed E-state index contributed by atoms with van der Waals surface area (Å²) in [6.07, 6.45) is 3.79. The smallest absolute Gasteiger partial charge is 0.134 e. The molecule has 0 aliphatic heterocycles. The van der Waals surface area contributed by atoms with Crippen LogP contribution in [0.4, 0.5) is 0 Å². The first-order valence-corrected chi connectivity index (χ1v) is 7.78. The zero-order valence-electron chi connectivity index (χ0n) is 9.04. The van der Waals surface area contributed by atoms with E-state index >= 15 is 0 Å². The molecule has 1 unspecified atom stereocenters. The van der Waals surface area contributed by atoms with E-state index in [1.807, 2.05) is 0 Å². The number of thiocarbonyl (C=S) groups is 1. The van der Waals surface area contributed by atoms with Crippen LogP contribution >= 0.6 is 24.0 Å². The summed E-state index contributed by atoms with van der Waals surface area (Å²) in [4.78, 5) is 0. The minimum absolute atomic E-state index is 0.540. The molecule has 0 rings (SSSR count). The average Bonchev–Trinajstić information content (AvgIpc) is 2.01. The Balaban J connectivity index is 3.27. The van der Waals surface area contributed by atoms with E-state index in [4.69, 9.17) is 12.2 Å². The van der Waals surface area contributed by atoms with Gasteiger partial charge in [0, 0.05) is 34.6 Å². The predicted molar refractivity (Wildman–Crippen MR) is 71.5 cm³/mol.